The quantitative estimate of drug-likeness (QED) is 0.201. The topological polar surface area (TPSA) is 45.0 Å². The number of aromatic nitrogens is 6. The van der Waals surface area contributed by atoms with Crippen LogP contribution in [-0.2, 0) is 0 Å². The Labute approximate surface area is 248 Å². The van der Waals surface area contributed by atoms with Gasteiger partial charge in [-0.25, -0.2) is 9.67 Å². The molecule has 0 saturated heterocycles. The Balaban J connectivity index is 1.41. The summed E-state index contributed by atoms with van der Waals surface area (Å²) in [5.41, 5.74) is 6.98. The molecule has 43 heavy (non-hydrogen) atoms. The van der Waals surface area contributed by atoms with E-state index in [4.69, 9.17) is 4.98 Å². The summed E-state index contributed by atoms with van der Waals surface area (Å²) < 4.78 is 9.06. The van der Waals surface area contributed by atoms with Gasteiger partial charge in [-0.3, -0.25) is 8.97 Å². The third-order valence-electron chi connectivity index (χ3n) is 8.06. The van der Waals surface area contributed by atoms with Crippen LogP contribution in [0.25, 0.3) is 50.3 Å². The molecule has 9 rings (SSSR count). The van der Waals surface area contributed by atoms with Gasteiger partial charge in [0.2, 0.25) is 0 Å². The van der Waals surface area contributed by atoms with Crippen molar-refractivity contribution in [3.8, 4) is 11.6 Å². The molecule has 5 aromatic heterocycles. The number of imidazole rings is 1. The molecular formula is C36H25N6P. The van der Waals surface area contributed by atoms with Gasteiger partial charge in [-0.15, -0.1) is 0 Å². The molecule has 0 spiro atoms. The first-order valence-corrected chi connectivity index (χ1v) is 15.6. The maximum Gasteiger partial charge on any atom is 0.155 e. The van der Waals surface area contributed by atoms with Crippen molar-refractivity contribution in [3.63, 3.8) is 0 Å². The minimum atomic E-state index is -0.897. The van der Waals surface area contributed by atoms with Crippen LogP contribution in [0.15, 0.2) is 152 Å². The fourth-order valence-corrected chi connectivity index (χ4v) is 8.74. The van der Waals surface area contributed by atoms with Crippen molar-refractivity contribution in [2.24, 2.45) is 0 Å². The molecule has 0 fully saturated rings. The van der Waals surface area contributed by atoms with Crippen LogP contribution in [0.3, 0.4) is 0 Å². The van der Waals surface area contributed by atoms with Gasteiger partial charge in [-0.05, 0) is 36.4 Å². The molecule has 0 saturated carbocycles. The second kappa shape index (κ2) is 9.55. The van der Waals surface area contributed by atoms with Gasteiger partial charge in [0.05, 0.1) is 35.7 Å². The van der Waals surface area contributed by atoms with Crippen LogP contribution in [0.4, 0.5) is 0 Å². The lowest BCUT2D eigenvalue weighted by atomic mass is 10.2. The number of para-hydroxylation sites is 3. The van der Waals surface area contributed by atoms with Crippen LogP contribution in [0.1, 0.15) is 0 Å². The van der Waals surface area contributed by atoms with E-state index in [1.54, 1.807) is 10.9 Å². The van der Waals surface area contributed by atoms with Crippen LogP contribution in [0.5, 0.6) is 0 Å². The lowest BCUT2D eigenvalue weighted by Gasteiger charge is -2.22. The summed E-state index contributed by atoms with van der Waals surface area (Å²) >= 11 is 0. The third-order valence-corrected chi connectivity index (χ3v) is 10.5. The van der Waals surface area contributed by atoms with Gasteiger partial charge in [-0.2, -0.15) is 5.10 Å². The largest absolute Gasteiger partial charge is 0.309 e. The Morgan fingerprint density at radius 2 is 1.19 bits per heavy atom. The van der Waals surface area contributed by atoms with E-state index in [-0.39, 0.29) is 0 Å². The molecule has 0 bridgehead atoms. The zero-order chi connectivity index (χ0) is 28.3. The number of pyridine rings is 1. The first-order chi connectivity index (χ1) is 21.4. The second-order valence-electron chi connectivity index (χ2n) is 10.5. The van der Waals surface area contributed by atoms with E-state index in [2.05, 4.69) is 140 Å². The number of benzene rings is 4. The Morgan fingerprint density at radius 1 is 0.535 bits per heavy atom. The van der Waals surface area contributed by atoms with Gasteiger partial charge in [0.1, 0.15) is 11.5 Å². The van der Waals surface area contributed by atoms with E-state index < -0.39 is 8.07 Å². The molecule has 0 aliphatic heterocycles. The molecule has 6 nitrogen and oxygen atoms in total. The van der Waals surface area contributed by atoms with Gasteiger partial charge >= 0.3 is 0 Å². The summed E-state index contributed by atoms with van der Waals surface area (Å²) in [6.07, 6.45) is 3.70. The van der Waals surface area contributed by atoms with Crippen LogP contribution >= 0.6 is 8.07 Å². The Bertz CT molecular complexity index is 2360. The highest BCUT2D eigenvalue weighted by molar-refractivity contribution is 7.72. The minimum Gasteiger partial charge on any atom is -0.309 e. The fourth-order valence-electron chi connectivity index (χ4n) is 6.31. The van der Waals surface area contributed by atoms with E-state index in [0.717, 1.165) is 28.3 Å². The number of fused-ring (bicyclic) bond motifs is 7. The predicted molar refractivity (Wildman–Crippen MR) is 177 cm³/mol. The zero-order valence-corrected chi connectivity index (χ0v) is 24.0. The number of rotatable bonds is 5. The summed E-state index contributed by atoms with van der Waals surface area (Å²) in [4.78, 5) is 5.07. The summed E-state index contributed by atoms with van der Waals surface area (Å²) in [7, 11) is -0.897. The highest BCUT2D eigenvalue weighted by Crippen LogP contribution is 2.46. The van der Waals surface area contributed by atoms with Gasteiger partial charge in [0.15, 0.2) is 5.82 Å². The summed E-state index contributed by atoms with van der Waals surface area (Å²) in [6.45, 7) is 0. The molecule has 0 unspecified atom stereocenters. The van der Waals surface area contributed by atoms with Crippen molar-refractivity contribution in [3.05, 3.63) is 152 Å². The second-order valence-corrected chi connectivity index (χ2v) is 12.6. The van der Waals surface area contributed by atoms with Gasteiger partial charge in [0, 0.05) is 34.5 Å². The molecule has 0 aliphatic carbocycles. The Morgan fingerprint density at radius 3 is 1.91 bits per heavy atom. The first-order valence-electron chi connectivity index (χ1n) is 14.3. The van der Waals surface area contributed by atoms with Crippen molar-refractivity contribution in [1.82, 2.24) is 28.1 Å². The molecule has 0 radical (unpaired) electrons. The highest BCUT2D eigenvalue weighted by atomic mass is 31.1. The molecule has 9 aromatic rings. The average Bonchev–Trinajstić information content (AvgIpc) is 3.85. The maximum absolute atomic E-state index is 5.07. The lowest BCUT2D eigenvalue weighted by molar-refractivity contribution is 0.839. The maximum atomic E-state index is 5.07. The van der Waals surface area contributed by atoms with E-state index in [9.17, 15) is 0 Å². The van der Waals surface area contributed by atoms with Crippen molar-refractivity contribution < 1.29 is 0 Å². The molecule has 4 aromatic carbocycles. The molecule has 0 N–H and O–H groups in total. The van der Waals surface area contributed by atoms with E-state index in [1.165, 1.54) is 32.5 Å². The van der Waals surface area contributed by atoms with E-state index >= 15 is 0 Å². The van der Waals surface area contributed by atoms with Crippen molar-refractivity contribution in [1.29, 1.82) is 0 Å². The van der Waals surface area contributed by atoms with Gasteiger partial charge < -0.3 is 4.34 Å². The van der Waals surface area contributed by atoms with Gasteiger partial charge in [0.25, 0.3) is 0 Å². The monoisotopic (exact) mass is 572 g/mol. The summed E-state index contributed by atoms with van der Waals surface area (Å²) in [5, 5.41) is 8.27. The average molecular weight is 573 g/mol. The smallest absolute Gasteiger partial charge is 0.155 e. The Hall–Kier alpha value is -5.45. The van der Waals surface area contributed by atoms with Crippen molar-refractivity contribution in [2.45, 2.75) is 0 Å². The van der Waals surface area contributed by atoms with Crippen molar-refractivity contribution in [2.75, 3.05) is 0 Å². The molecule has 7 heteroatoms. The highest BCUT2D eigenvalue weighted by Gasteiger charge is 2.26. The lowest BCUT2D eigenvalue weighted by Crippen LogP contribution is -2.16. The van der Waals surface area contributed by atoms with Gasteiger partial charge in [-0.1, -0.05) is 97.1 Å². The third kappa shape index (κ3) is 3.64. The standard InChI is InChI=1S/C36H25N6P/c1-3-13-26(14-4-1)43(27-15-5-2-6-16-27)42-29-18-8-7-17-28(29)36-32(42)25-35-40(30-19-9-10-20-31(30)41(35)36)34-22-11-21-33(38-34)39-24-12-23-37-39/h1-25H. The molecule has 5 heterocycles. The van der Waals surface area contributed by atoms with E-state index in [1.807, 2.05) is 24.4 Å². The first kappa shape index (κ1) is 24.2. The molecular weight excluding hydrogens is 547 g/mol. The predicted octanol–water partition coefficient (Wildman–Crippen LogP) is 7.47. The number of hydrogen-bond acceptors (Lipinski definition) is 2. The number of nitrogens with zero attached hydrogens (tertiary/aromatic N) is 6. The minimum absolute atomic E-state index is 0.779. The molecule has 0 amide bonds. The molecule has 204 valence electrons. The van der Waals surface area contributed by atoms with Crippen molar-refractivity contribution >= 4 is 57.3 Å². The normalized spacial score (nSPS) is 11.9. The zero-order valence-electron chi connectivity index (χ0n) is 23.1. The Kier molecular flexibility index (Phi) is 5.37. The molecule has 0 atom stereocenters. The number of hydrogen-bond donors (Lipinski definition) is 0. The van der Waals surface area contributed by atoms with E-state index in [0.29, 0.717) is 0 Å². The summed E-state index contributed by atoms with van der Waals surface area (Å²) in [6, 6.07) is 49.6. The van der Waals surface area contributed by atoms with Crippen LogP contribution in [0.2, 0.25) is 0 Å². The van der Waals surface area contributed by atoms with Crippen LogP contribution in [-0.4, -0.2) is 28.1 Å². The molecule has 0 aliphatic rings. The summed E-state index contributed by atoms with van der Waals surface area (Å²) in [5.74, 6) is 1.63. The fraction of sp³-hybridized carbons (Fsp3) is 0. The van der Waals surface area contributed by atoms with Crippen LogP contribution < -0.4 is 10.6 Å². The SMILES string of the molecule is c1ccc(P(c2ccccc2)n2c3ccccc3c3c2cc2n(-c4cccc(-n5cccn5)n4)c4ccccc4n32)cc1. The van der Waals surface area contributed by atoms with Crippen LogP contribution in [0, 0.1) is 0 Å².